The van der Waals surface area contributed by atoms with Gasteiger partial charge in [0.15, 0.2) is 11.5 Å². The summed E-state index contributed by atoms with van der Waals surface area (Å²) in [5.74, 6) is 1.42. The van der Waals surface area contributed by atoms with E-state index in [-0.39, 0.29) is 18.2 Å². The number of hydrogen-bond acceptors (Lipinski definition) is 4. The molecule has 2 aliphatic heterocycles. The summed E-state index contributed by atoms with van der Waals surface area (Å²) in [5, 5.41) is 0.616. The maximum Gasteiger partial charge on any atom is 0.162 e. The van der Waals surface area contributed by atoms with Gasteiger partial charge in [0.25, 0.3) is 0 Å². The molecule has 0 saturated carbocycles. The molecule has 0 aliphatic carbocycles. The molecule has 1 fully saturated rings. The molecule has 3 unspecified atom stereocenters. The number of nitrogens with two attached hydrogens (primary N) is 1. The van der Waals surface area contributed by atoms with E-state index in [9.17, 15) is 0 Å². The van der Waals surface area contributed by atoms with Crippen LogP contribution in [0.4, 0.5) is 0 Å². The van der Waals surface area contributed by atoms with Gasteiger partial charge < -0.3 is 19.9 Å². The first-order valence-electron chi connectivity index (χ1n) is 7.15. The van der Waals surface area contributed by atoms with E-state index in [2.05, 4.69) is 6.92 Å². The summed E-state index contributed by atoms with van der Waals surface area (Å²) in [6, 6.07) is 3.47. The van der Waals surface area contributed by atoms with Crippen molar-refractivity contribution in [1.29, 1.82) is 0 Å². The third-order valence-electron chi connectivity index (χ3n) is 3.89. The summed E-state index contributed by atoms with van der Waals surface area (Å²) < 4.78 is 17.2. The topological polar surface area (TPSA) is 53.7 Å². The van der Waals surface area contributed by atoms with E-state index in [0.717, 1.165) is 30.6 Å². The molecule has 3 atom stereocenters. The molecule has 2 N–H and O–H groups in total. The fraction of sp³-hybridized carbons (Fsp3) is 0.600. The molecule has 5 heteroatoms. The Labute approximate surface area is 124 Å². The lowest BCUT2D eigenvalue weighted by Crippen LogP contribution is -2.26. The number of ether oxygens (including phenoxy) is 3. The highest BCUT2D eigenvalue weighted by Gasteiger charge is 2.30. The molecule has 0 aromatic heterocycles. The second-order valence-electron chi connectivity index (χ2n) is 5.46. The summed E-state index contributed by atoms with van der Waals surface area (Å²) >= 11 is 6.35. The molecular formula is C15H20ClNO3. The zero-order chi connectivity index (χ0) is 14.1. The average Bonchev–Trinajstić information content (AvgIpc) is 2.73. The number of benzene rings is 1. The Morgan fingerprint density at radius 3 is 2.55 bits per heavy atom. The predicted molar refractivity (Wildman–Crippen MR) is 77.6 cm³/mol. The number of fused-ring (bicyclic) bond motifs is 1. The van der Waals surface area contributed by atoms with E-state index in [0.29, 0.717) is 24.0 Å². The van der Waals surface area contributed by atoms with Crippen molar-refractivity contribution in [2.24, 2.45) is 5.73 Å². The van der Waals surface area contributed by atoms with Crippen molar-refractivity contribution in [2.45, 2.75) is 44.4 Å². The van der Waals surface area contributed by atoms with Gasteiger partial charge in [-0.2, -0.15) is 0 Å². The molecule has 0 bridgehead atoms. The fourth-order valence-corrected chi connectivity index (χ4v) is 3.03. The van der Waals surface area contributed by atoms with Gasteiger partial charge in [0.1, 0.15) is 0 Å². The van der Waals surface area contributed by atoms with E-state index >= 15 is 0 Å². The van der Waals surface area contributed by atoms with Gasteiger partial charge in [-0.1, -0.05) is 11.6 Å². The van der Waals surface area contributed by atoms with E-state index in [4.69, 9.17) is 31.5 Å². The van der Waals surface area contributed by atoms with Gasteiger partial charge in [-0.25, -0.2) is 0 Å². The standard InChI is InChI=1S/C15H20ClNO3/c1-9-3-4-12(20-9)15(17)10-7-13-14(8-11(10)16)19-6-2-5-18-13/h7-9,12,15H,2-6,17H2,1H3. The fourth-order valence-electron chi connectivity index (χ4n) is 2.75. The smallest absolute Gasteiger partial charge is 0.162 e. The molecule has 2 aliphatic rings. The van der Waals surface area contributed by atoms with Gasteiger partial charge in [0.05, 0.1) is 31.5 Å². The molecule has 4 nitrogen and oxygen atoms in total. The third kappa shape index (κ3) is 2.73. The predicted octanol–water partition coefficient (Wildman–Crippen LogP) is 3.07. The van der Waals surface area contributed by atoms with Crippen molar-refractivity contribution in [3.8, 4) is 11.5 Å². The first-order valence-corrected chi connectivity index (χ1v) is 7.53. The molecule has 1 aromatic rings. The lowest BCUT2D eigenvalue weighted by Gasteiger charge is -2.22. The van der Waals surface area contributed by atoms with E-state index in [1.54, 1.807) is 6.07 Å². The van der Waals surface area contributed by atoms with Crippen molar-refractivity contribution in [2.75, 3.05) is 13.2 Å². The molecule has 1 aromatic carbocycles. The Balaban J connectivity index is 1.87. The van der Waals surface area contributed by atoms with Crippen LogP contribution in [0.15, 0.2) is 12.1 Å². The maximum atomic E-state index is 6.35. The van der Waals surface area contributed by atoms with Crippen molar-refractivity contribution >= 4 is 11.6 Å². The summed E-state index contributed by atoms with van der Waals surface area (Å²) in [4.78, 5) is 0. The molecular weight excluding hydrogens is 278 g/mol. The minimum atomic E-state index is -0.232. The van der Waals surface area contributed by atoms with Crippen molar-refractivity contribution in [3.05, 3.63) is 22.7 Å². The van der Waals surface area contributed by atoms with Gasteiger partial charge in [0.2, 0.25) is 0 Å². The van der Waals surface area contributed by atoms with Gasteiger partial charge in [-0.15, -0.1) is 0 Å². The van der Waals surface area contributed by atoms with Crippen LogP contribution in [0.1, 0.15) is 37.8 Å². The second-order valence-corrected chi connectivity index (χ2v) is 5.87. The SMILES string of the molecule is CC1CCC(C(N)c2cc3c(cc2Cl)OCCCO3)O1. The Bertz CT molecular complexity index is 494. The highest BCUT2D eigenvalue weighted by Crippen LogP contribution is 2.39. The first kappa shape index (κ1) is 14.0. The lowest BCUT2D eigenvalue weighted by molar-refractivity contribution is 0.0401. The number of rotatable bonds is 2. The number of hydrogen-bond donors (Lipinski definition) is 1. The summed E-state index contributed by atoms with van der Waals surface area (Å²) in [6.07, 6.45) is 3.17. The number of halogens is 1. The maximum absolute atomic E-state index is 6.35. The Morgan fingerprint density at radius 1 is 1.20 bits per heavy atom. The van der Waals surface area contributed by atoms with E-state index in [1.165, 1.54) is 0 Å². The normalized spacial score (nSPS) is 27.1. The second kappa shape index (κ2) is 5.80. The van der Waals surface area contributed by atoms with Gasteiger partial charge in [-0.3, -0.25) is 0 Å². The molecule has 0 amide bonds. The summed E-state index contributed by atoms with van der Waals surface area (Å²) in [6.45, 7) is 3.38. The van der Waals surface area contributed by atoms with E-state index < -0.39 is 0 Å². The first-order chi connectivity index (χ1) is 9.65. The molecule has 3 rings (SSSR count). The van der Waals surface area contributed by atoms with Crippen LogP contribution in [0.25, 0.3) is 0 Å². The van der Waals surface area contributed by atoms with Crippen LogP contribution in [0, 0.1) is 0 Å². The summed E-state index contributed by atoms with van der Waals surface area (Å²) in [7, 11) is 0. The highest BCUT2D eigenvalue weighted by molar-refractivity contribution is 6.31. The van der Waals surface area contributed by atoms with Crippen LogP contribution in [0.3, 0.4) is 0 Å². The largest absolute Gasteiger partial charge is 0.490 e. The minimum absolute atomic E-state index is 0.0206. The minimum Gasteiger partial charge on any atom is -0.490 e. The molecule has 2 heterocycles. The zero-order valence-corrected chi connectivity index (χ0v) is 12.4. The van der Waals surface area contributed by atoms with Crippen LogP contribution >= 0.6 is 11.6 Å². The Morgan fingerprint density at radius 2 is 1.90 bits per heavy atom. The zero-order valence-electron chi connectivity index (χ0n) is 11.6. The van der Waals surface area contributed by atoms with Crippen LogP contribution in [0.5, 0.6) is 11.5 Å². The summed E-state index contributed by atoms with van der Waals surface area (Å²) in [5.41, 5.74) is 7.20. The quantitative estimate of drug-likeness (QED) is 0.911. The Kier molecular flexibility index (Phi) is 4.06. The Hall–Kier alpha value is -0.970. The molecule has 1 saturated heterocycles. The van der Waals surface area contributed by atoms with Crippen LogP contribution in [-0.2, 0) is 4.74 Å². The monoisotopic (exact) mass is 297 g/mol. The third-order valence-corrected chi connectivity index (χ3v) is 4.22. The molecule has 0 spiro atoms. The molecule has 110 valence electrons. The van der Waals surface area contributed by atoms with Crippen molar-refractivity contribution in [1.82, 2.24) is 0 Å². The highest BCUT2D eigenvalue weighted by atomic mass is 35.5. The van der Waals surface area contributed by atoms with E-state index in [1.807, 2.05) is 6.07 Å². The van der Waals surface area contributed by atoms with Crippen LogP contribution in [0.2, 0.25) is 5.02 Å². The molecule has 0 radical (unpaired) electrons. The van der Waals surface area contributed by atoms with Crippen LogP contribution < -0.4 is 15.2 Å². The molecule has 20 heavy (non-hydrogen) atoms. The van der Waals surface area contributed by atoms with Gasteiger partial charge >= 0.3 is 0 Å². The average molecular weight is 298 g/mol. The van der Waals surface area contributed by atoms with Crippen molar-refractivity contribution < 1.29 is 14.2 Å². The van der Waals surface area contributed by atoms with Gasteiger partial charge in [0, 0.05) is 17.5 Å². The van der Waals surface area contributed by atoms with Gasteiger partial charge in [-0.05, 0) is 31.4 Å². The van der Waals surface area contributed by atoms with Crippen LogP contribution in [-0.4, -0.2) is 25.4 Å². The lowest BCUT2D eigenvalue weighted by atomic mass is 9.99. The van der Waals surface area contributed by atoms with Crippen molar-refractivity contribution in [3.63, 3.8) is 0 Å².